The summed E-state index contributed by atoms with van der Waals surface area (Å²) in [5.74, 6) is 0. The molecule has 0 N–H and O–H groups in total. The molecule has 0 saturated carbocycles. The summed E-state index contributed by atoms with van der Waals surface area (Å²) in [6, 6.07) is 13.7. The molecule has 0 heterocycles. The summed E-state index contributed by atoms with van der Waals surface area (Å²) in [6.07, 6.45) is 0. The van der Waals surface area contributed by atoms with Crippen LogP contribution in [-0.2, 0) is 0 Å². The van der Waals surface area contributed by atoms with Crippen molar-refractivity contribution < 1.29 is 0 Å². The fourth-order valence-corrected chi connectivity index (χ4v) is 2.91. The van der Waals surface area contributed by atoms with E-state index in [4.69, 9.17) is 0 Å². The molecular weight excluding hydrogens is 216 g/mol. The molecule has 90 valence electrons. The summed E-state index contributed by atoms with van der Waals surface area (Å²) in [5, 5.41) is 5.53. The summed E-state index contributed by atoms with van der Waals surface area (Å²) in [7, 11) is 0. The van der Waals surface area contributed by atoms with E-state index in [0.717, 1.165) is 0 Å². The van der Waals surface area contributed by atoms with Gasteiger partial charge in [0.15, 0.2) is 0 Å². The Morgan fingerprint density at radius 1 is 0.500 bits per heavy atom. The third-order valence-corrected chi connectivity index (χ3v) is 3.78. The molecule has 0 radical (unpaired) electrons. The second-order valence-corrected chi connectivity index (χ2v) is 5.42. The number of hydrogen-bond donors (Lipinski definition) is 0. The van der Waals surface area contributed by atoms with Gasteiger partial charge in [-0.1, -0.05) is 47.5 Å². The van der Waals surface area contributed by atoms with Gasteiger partial charge in [0.25, 0.3) is 0 Å². The van der Waals surface area contributed by atoms with Gasteiger partial charge < -0.3 is 0 Å². The zero-order chi connectivity index (χ0) is 12.9. The summed E-state index contributed by atoms with van der Waals surface area (Å²) in [4.78, 5) is 0. The van der Waals surface area contributed by atoms with Crippen LogP contribution in [0.2, 0.25) is 0 Å². The highest BCUT2D eigenvalue weighted by Crippen LogP contribution is 2.31. The standard InChI is InChI=1S/C18H18/c1-11-5-6-15-16(8-11)14(4)10-17-13(3)7-12(2)9-18(15)17/h5-10H,1-4H3. The second-order valence-electron chi connectivity index (χ2n) is 5.42. The zero-order valence-electron chi connectivity index (χ0n) is 11.5. The monoisotopic (exact) mass is 234 g/mol. The SMILES string of the molecule is Cc1ccc2c(c1)c(C)cc1c(C)cc(C)cc12. The van der Waals surface area contributed by atoms with Crippen LogP contribution in [0, 0.1) is 27.7 Å². The summed E-state index contributed by atoms with van der Waals surface area (Å²) in [5.41, 5.74) is 5.41. The van der Waals surface area contributed by atoms with E-state index >= 15 is 0 Å². The molecule has 0 spiro atoms. The molecule has 0 nitrogen and oxygen atoms in total. The van der Waals surface area contributed by atoms with Crippen molar-refractivity contribution in [3.63, 3.8) is 0 Å². The molecule has 0 unspecified atom stereocenters. The Kier molecular flexibility index (Phi) is 2.41. The Bertz CT molecular complexity index is 764. The van der Waals surface area contributed by atoms with Gasteiger partial charge in [-0.15, -0.1) is 0 Å². The first-order valence-corrected chi connectivity index (χ1v) is 6.47. The lowest BCUT2D eigenvalue weighted by atomic mass is 9.93. The molecule has 0 aromatic heterocycles. The fraction of sp³-hybridized carbons (Fsp3) is 0.222. The predicted octanol–water partition coefficient (Wildman–Crippen LogP) is 5.23. The molecule has 0 fully saturated rings. The van der Waals surface area contributed by atoms with Gasteiger partial charge in [0, 0.05) is 0 Å². The van der Waals surface area contributed by atoms with Crippen molar-refractivity contribution in [1.82, 2.24) is 0 Å². The minimum atomic E-state index is 1.33. The minimum Gasteiger partial charge on any atom is -0.0587 e. The molecule has 0 aliphatic heterocycles. The lowest BCUT2D eigenvalue weighted by Crippen LogP contribution is -1.87. The van der Waals surface area contributed by atoms with Gasteiger partial charge in [-0.2, -0.15) is 0 Å². The third kappa shape index (κ3) is 1.60. The lowest BCUT2D eigenvalue weighted by Gasteiger charge is -2.11. The number of hydrogen-bond acceptors (Lipinski definition) is 0. The van der Waals surface area contributed by atoms with E-state index in [-0.39, 0.29) is 0 Å². The largest absolute Gasteiger partial charge is 0.0587 e. The molecule has 3 aromatic carbocycles. The van der Waals surface area contributed by atoms with Gasteiger partial charge in [-0.05, 0) is 60.4 Å². The van der Waals surface area contributed by atoms with E-state index < -0.39 is 0 Å². The van der Waals surface area contributed by atoms with Crippen molar-refractivity contribution in [2.75, 3.05) is 0 Å². The van der Waals surface area contributed by atoms with Crippen LogP contribution in [0.5, 0.6) is 0 Å². The quantitative estimate of drug-likeness (QED) is 0.467. The van der Waals surface area contributed by atoms with Crippen LogP contribution in [0.15, 0.2) is 36.4 Å². The van der Waals surface area contributed by atoms with Crippen molar-refractivity contribution in [2.45, 2.75) is 27.7 Å². The first-order chi connectivity index (χ1) is 8.56. The van der Waals surface area contributed by atoms with Crippen molar-refractivity contribution in [3.05, 3.63) is 58.7 Å². The second kappa shape index (κ2) is 3.84. The van der Waals surface area contributed by atoms with Gasteiger partial charge in [-0.25, -0.2) is 0 Å². The van der Waals surface area contributed by atoms with Gasteiger partial charge in [-0.3, -0.25) is 0 Å². The Balaban J connectivity index is 2.60. The van der Waals surface area contributed by atoms with E-state index in [2.05, 4.69) is 64.1 Å². The van der Waals surface area contributed by atoms with Crippen molar-refractivity contribution in [3.8, 4) is 0 Å². The van der Waals surface area contributed by atoms with Crippen LogP contribution in [0.1, 0.15) is 22.3 Å². The fourth-order valence-electron chi connectivity index (χ4n) is 2.91. The van der Waals surface area contributed by atoms with Crippen molar-refractivity contribution in [1.29, 1.82) is 0 Å². The maximum atomic E-state index is 2.33. The minimum absolute atomic E-state index is 1.33. The van der Waals surface area contributed by atoms with Crippen LogP contribution in [-0.4, -0.2) is 0 Å². The van der Waals surface area contributed by atoms with E-state index in [9.17, 15) is 0 Å². The molecule has 18 heavy (non-hydrogen) atoms. The topological polar surface area (TPSA) is 0 Å². The number of aryl methyl sites for hydroxylation is 4. The summed E-state index contributed by atoms with van der Waals surface area (Å²) in [6.45, 7) is 8.74. The molecular formula is C18H18. The van der Waals surface area contributed by atoms with E-state index in [0.29, 0.717) is 0 Å². The Hall–Kier alpha value is -1.82. The molecule has 0 bridgehead atoms. The first-order valence-electron chi connectivity index (χ1n) is 6.47. The van der Waals surface area contributed by atoms with Crippen molar-refractivity contribution >= 4 is 21.5 Å². The number of rotatable bonds is 0. The van der Waals surface area contributed by atoms with E-state index in [1.807, 2.05) is 0 Å². The van der Waals surface area contributed by atoms with Gasteiger partial charge in [0.1, 0.15) is 0 Å². The normalized spacial score (nSPS) is 11.3. The van der Waals surface area contributed by atoms with Crippen molar-refractivity contribution in [2.24, 2.45) is 0 Å². The zero-order valence-corrected chi connectivity index (χ0v) is 11.5. The number of fused-ring (bicyclic) bond motifs is 3. The molecule has 3 rings (SSSR count). The average molecular weight is 234 g/mol. The highest BCUT2D eigenvalue weighted by atomic mass is 14.1. The van der Waals surface area contributed by atoms with Gasteiger partial charge in [0.2, 0.25) is 0 Å². The predicted molar refractivity (Wildman–Crippen MR) is 80.4 cm³/mol. The molecule has 0 saturated heterocycles. The molecule has 0 heteroatoms. The molecule has 0 aliphatic rings. The third-order valence-electron chi connectivity index (χ3n) is 3.78. The Morgan fingerprint density at radius 2 is 1.11 bits per heavy atom. The van der Waals surface area contributed by atoms with Crippen LogP contribution in [0.3, 0.4) is 0 Å². The maximum absolute atomic E-state index is 2.33. The van der Waals surface area contributed by atoms with Crippen LogP contribution < -0.4 is 0 Å². The van der Waals surface area contributed by atoms with E-state index in [1.54, 1.807) is 0 Å². The Labute approximate surface area is 108 Å². The first kappa shape index (κ1) is 11.3. The molecule has 0 atom stereocenters. The summed E-state index contributed by atoms with van der Waals surface area (Å²) >= 11 is 0. The Morgan fingerprint density at radius 3 is 1.89 bits per heavy atom. The molecule has 0 aliphatic carbocycles. The summed E-state index contributed by atoms with van der Waals surface area (Å²) < 4.78 is 0. The van der Waals surface area contributed by atoms with Crippen LogP contribution in [0.4, 0.5) is 0 Å². The highest BCUT2D eigenvalue weighted by molar-refractivity contribution is 6.10. The van der Waals surface area contributed by atoms with Gasteiger partial charge in [0.05, 0.1) is 0 Å². The lowest BCUT2D eigenvalue weighted by molar-refractivity contribution is 1.42. The van der Waals surface area contributed by atoms with Crippen LogP contribution in [0.25, 0.3) is 21.5 Å². The molecule has 0 amide bonds. The average Bonchev–Trinajstić information content (AvgIpc) is 2.31. The van der Waals surface area contributed by atoms with Crippen LogP contribution >= 0.6 is 0 Å². The maximum Gasteiger partial charge on any atom is -0.00999 e. The van der Waals surface area contributed by atoms with Gasteiger partial charge >= 0.3 is 0 Å². The van der Waals surface area contributed by atoms with E-state index in [1.165, 1.54) is 43.8 Å². The highest BCUT2D eigenvalue weighted by Gasteiger charge is 2.06. The smallest absolute Gasteiger partial charge is 0.00999 e. The molecule has 3 aromatic rings. The number of benzene rings is 3.